The van der Waals surface area contributed by atoms with Crippen molar-refractivity contribution in [3.05, 3.63) is 218 Å². The smallest absolute Gasteiger partial charge is 0.306 e. The van der Waals surface area contributed by atoms with Crippen LogP contribution < -0.4 is 10.4 Å². The number of fused-ring (bicyclic) bond motifs is 2. The summed E-state index contributed by atoms with van der Waals surface area (Å²) in [6.07, 6.45) is 31.9. The fourth-order valence-corrected chi connectivity index (χ4v) is 24.7. The van der Waals surface area contributed by atoms with Gasteiger partial charge in [0.25, 0.3) is 0 Å². The van der Waals surface area contributed by atoms with E-state index in [0.29, 0.717) is 49.5 Å². The first kappa shape index (κ1) is 62.5. The molecule has 14 atom stereocenters. The molecular weight excluding hydrogens is 1150 g/mol. The van der Waals surface area contributed by atoms with Crippen LogP contribution >= 0.6 is 0 Å². The zero-order valence-corrected chi connectivity index (χ0v) is 56.6. The molecular formula is C88H102O6. The number of aromatic hydroxyl groups is 1. The van der Waals surface area contributed by atoms with E-state index < -0.39 is 46.3 Å². The van der Waals surface area contributed by atoms with Crippen molar-refractivity contribution < 1.29 is 30.0 Å². The van der Waals surface area contributed by atoms with Crippen LogP contribution in [0, 0.1) is 80.3 Å². The zero-order valence-electron chi connectivity index (χ0n) is 56.6. The van der Waals surface area contributed by atoms with Gasteiger partial charge in [-0.25, -0.2) is 0 Å². The predicted molar refractivity (Wildman–Crippen MR) is 378 cm³/mol. The number of phenols is 1. The monoisotopic (exact) mass is 1250 g/mol. The second kappa shape index (κ2) is 24.0. The first-order valence-corrected chi connectivity index (χ1v) is 37.1. The molecule has 6 nitrogen and oxygen atoms in total. The second-order valence-electron chi connectivity index (χ2n) is 32.7. The molecule has 1 spiro atoms. The molecule has 11 aliphatic carbocycles. The lowest BCUT2D eigenvalue weighted by Gasteiger charge is -2.76. The fraction of sp³-hybridized carbons (Fsp3) is 0.511. The van der Waals surface area contributed by atoms with Gasteiger partial charge in [-0.1, -0.05) is 197 Å². The molecule has 6 heteroatoms. The maximum atomic E-state index is 14.6. The fourth-order valence-electron chi connectivity index (χ4n) is 24.7. The molecule has 0 saturated heterocycles. The van der Waals surface area contributed by atoms with Gasteiger partial charge in [0.05, 0.1) is 24.7 Å². The number of rotatable bonds is 19. The summed E-state index contributed by atoms with van der Waals surface area (Å²) in [7, 11) is 1.79. The third-order valence-electron chi connectivity index (χ3n) is 28.7. The van der Waals surface area contributed by atoms with Crippen LogP contribution in [0.4, 0.5) is 0 Å². The Morgan fingerprint density at radius 1 is 0.766 bits per heavy atom. The number of phenolic OH excluding ortho intramolecular Hbond substituents is 1. The SMILES string of the molecule is C=C(CCC(C(=O)O)C1C(O)CC2(C3CCC(C(CCc4ccccc4)c4ccc(CCOC)cc4)CC3)C3=C(CCC12C)C12C4C=C5CCc6cccc7c6=C5C1C(=CC1(C=CCC(C)(C(O)C4)C12)C3)C=7Cc1cccc(-c2ccc(O)cc2)c1)C(C)C1CCCCC1. The molecule has 16 rings (SSSR count). The Morgan fingerprint density at radius 3 is 2.29 bits per heavy atom. The molecule has 94 heavy (non-hydrogen) atoms. The number of benzene rings is 5. The third-order valence-corrected chi connectivity index (χ3v) is 28.7. The Kier molecular flexibility index (Phi) is 16.0. The molecule has 0 aliphatic heterocycles. The van der Waals surface area contributed by atoms with E-state index in [2.05, 4.69) is 142 Å². The van der Waals surface area contributed by atoms with E-state index in [9.17, 15) is 25.2 Å². The van der Waals surface area contributed by atoms with E-state index >= 15 is 0 Å². The molecule has 5 aromatic carbocycles. The normalized spacial score (nSPS) is 34.3. The second-order valence-corrected chi connectivity index (χ2v) is 32.7. The number of aryl methyl sites for hydroxylation is 2. The third kappa shape index (κ3) is 9.63. The Bertz CT molecular complexity index is 4040. The van der Waals surface area contributed by atoms with Crippen LogP contribution in [0.2, 0.25) is 0 Å². The van der Waals surface area contributed by atoms with Crippen LogP contribution in [0.15, 0.2) is 180 Å². The Morgan fingerprint density at radius 2 is 1.52 bits per heavy atom. The summed E-state index contributed by atoms with van der Waals surface area (Å²) in [5.74, 6) is 0.889. The molecule has 11 aliphatic rings. The summed E-state index contributed by atoms with van der Waals surface area (Å²) in [4.78, 5) is 14.6. The summed E-state index contributed by atoms with van der Waals surface area (Å²) < 4.78 is 5.52. The number of carboxylic acid groups (broad SMARTS) is 1. The molecule has 4 fully saturated rings. The van der Waals surface area contributed by atoms with Crippen LogP contribution in [-0.4, -0.2) is 52.3 Å². The Balaban J connectivity index is 0.860. The molecule has 0 heterocycles. The van der Waals surface area contributed by atoms with Crippen molar-refractivity contribution in [2.75, 3.05) is 13.7 Å². The highest BCUT2D eigenvalue weighted by molar-refractivity contribution is 5.87. The largest absolute Gasteiger partial charge is 0.508 e. The van der Waals surface area contributed by atoms with Crippen molar-refractivity contribution >= 4 is 17.1 Å². The number of aliphatic carboxylic acids is 1. The zero-order chi connectivity index (χ0) is 64.5. The van der Waals surface area contributed by atoms with Gasteiger partial charge >= 0.3 is 5.97 Å². The number of hydrogen-bond acceptors (Lipinski definition) is 5. The molecule has 490 valence electrons. The maximum Gasteiger partial charge on any atom is 0.306 e. The molecule has 5 aromatic rings. The molecule has 0 radical (unpaired) electrons. The minimum Gasteiger partial charge on any atom is -0.508 e. The molecule has 4 saturated carbocycles. The number of aliphatic hydroxyl groups is 2. The number of allylic oxidation sites excluding steroid dienone is 9. The van der Waals surface area contributed by atoms with Crippen LogP contribution in [0.5, 0.6) is 5.75 Å². The van der Waals surface area contributed by atoms with E-state index in [1.807, 2.05) is 12.1 Å². The van der Waals surface area contributed by atoms with Gasteiger partial charge in [0.15, 0.2) is 0 Å². The molecule has 0 amide bonds. The van der Waals surface area contributed by atoms with E-state index in [4.69, 9.17) is 11.3 Å². The van der Waals surface area contributed by atoms with Gasteiger partial charge < -0.3 is 25.2 Å². The summed E-state index contributed by atoms with van der Waals surface area (Å²) in [6, 6.07) is 44.6. The van der Waals surface area contributed by atoms with Crippen LogP contribution in [0.1, 0.15) is 177 Å². The van der Waals surface area contributed by atoms with E-state index in [1.54, 1.807) is 36.0 Å². The lowest BCUT2D eigenvalue weighted by atomic mass is 9.27. The highest BCUT2D eigenvalue weighted by Gasteiger charge is 2.78. The molecule has 2 bridgehead atoms. The molecule has 4 N–H and O–H groups in total. The highest BCUT2D eigenvalue weighted by atomic mass is 16.5. The van der Waals surface area contributed by atoms with E-state index in [-0.39, 0.29) is 40.3 Å². The van der Waals surface area contributed by atoms with Crippen molar-refractivity contribution in [1.29, 1.82) is 0 Å². The number of aliphatic hydroxyl groups excluding tert-OH is 2. The standard InChI is InChI=1S/C88H102O6/c1-54(55(2)59-18-10-7-11-19-59)23-39-71(82(92)93)80-76(90)53-87(66-35-31-62(32-36-66)69(40-26-56-15-8-6-9-16-56)61-27-24-57(25-28-61)42-46-94-5)75-52-86-44-14-43-84(3)77(91)50-67-49-65-30-29-63-20-13-22-70-72(48-58-17-12-21-64(47-58)60-33-37-68(89)38-34-60)73(51-86)81(79(65)78(63)70)88(67,83(84)86)74(75)41-45-85(80,87)4/h6,8-9,12-17,20-22,24-25,27-28,33-34,37-38,44,47,49,51,55,59,62,66-67,69,71,76-77,80-81,83,89-91H,1,7,10-11,18-19,23,26,29-32,35-36,39-43,45-46,48,50,52-53H2,2-5H3,(H,92,93). The Labute approximate surface area is 559 Å². The van der Waals surface area contributed by atoms with Gasteiger partial charge in [-0.2, -0.15) is 0 Å². The lowest BCUT2D eigenvalue weighted by Crippen LogP contribution is -2.71. The van der Waals surface area contributed by atoms with Gasteiger partial charge in [0.1, 0.15) is 5.75 Å². The average molecular weight is 1260 g/mol. The Hall–Kier alpha value is -6.31. The van der Waals surface area contributed by atoms with Crippen LogP contribution in [-0.2, 0) is 35.2 Å². The lowest BCUT2D eigenvalue weighted by molar-refractivity contribution is -0.182. The van der Waals surface area contributed by atoms with E-state index in [1.165, 1.54) is 92.7 Å². The number of hydrogen-bond donors (Lipinski definition) is 4. The summed E-state index contributed by atoms with van der Waals surface area (Å²) >= 11 is 0. The van der Waals surface area contributed by atoms with Crippen molar-refractivity contribution in [3.8, 4) is 16.9 Å². The van der Waals surface area contributed by atoms with Crippen LogP contribution in [0.3, 0.4) is 0 Å². The molecule has 0 aromatic heterocycles. The minimum absolute atomic E-state index is 0.0953. The van der Waals surface area contributed by atoms with Gasteiger partial charge in [-0.15, -0.1) is 0 Å². The van der Waals surface area contributed by atoms with Crippen molar-refractivity contribution in [2.24, 2.45) is 80.3 Å². The summed E-state index contributed by atoms with van der Waals surface area (Å²) in [5.41, 5.74) is 17.5. The molecule has 14 unspecified atom stereocenters. The summed E-state index contributed by atoms with van der Waals surface area (Å²) in [6.45, 7) is 12.8. The van der Waals surface area contributed by atoms with E-state index in [0.717, 1.165) is 107 Å². The van der Waals surface area contributed by atoms with Gasteiger partial charge in [0.2, 0.25) is 0 Å². The minimum atomic E-state index is -0.765. The van der Waals surface area contributed by atoms with Gasteiger partial charge in [-0.05, 0) is 259 Å². The summed E-state index contributed by atoms with van der Waals surface area (Å²) in [5, 5.41) is 52.1. The first-order chi connectivity index (χ1) is 45.6. The number of methoxy groups -OCH3 is 1. The maximum absolute atomic E-state index is 14.6. The van der Waals surface area contributed by atoms with Gasteiger partial charge in [0, 0.05) is 40.6 Å². The highest BCUT2D eigenvalue weighted by Crippen LogP contribution is 2.84. The quantitative estimate of drug-likeness (QED) is 0.0614. The van der Waals surface area contributed by atoms with Gasteiger partial charge in [-0.3, -0.25) is 4.79 Å². The topological polar surface area (TPSA) is 107 Å². The predicted octanol–water partition coefficient (Wildman–Crippen LogP) is 17.5. The van der Waals surface area contributed by atoms with Crippen molar-refractivity contribution in [1.82, 2.24) is 0 Å². The first-order valence-electron chi connectivity index (χ1n) is 37.1. The van der Waals surface area contributed by atoms with Crippen molar-refractivity contribution in [2.45, 2.75) is 187 Å². The van der Waals surface area contributed by atoms with Crippen molar-refractivity contribution in [3.63, 3.8) is 0 Å². The number of carbonyl (C=O) groups is 1. The number of carboxylic acids is 1. The number of ether oxygens (including phenoxy) is 1. The average Bonchev–Trinajstić information content (AvgIpc) is 0.790. The van der Waals surface area contributed by atoms with Crippen LogP contribution in [0.25, 0.3) is 22.3 Å².